The normalized spacial score (nSPS) is 10.4. The molecule has 0 bridgehead atoms. The van der Waals surface area contributed by atoms with Gasteiger partial charge in [0.15, 0.2) is 0 Å². The van der Waals surface area contributed by atoms with E-state index in [9.17, 15) is 4.79 Å². The molecular formula is C23H26N4O2. The summed E-state index contributed by atoms with van der Waals surface area (Å²) in [6.07, 6.45) is 7.03. The number of anilines is 1. The van der Waals surface area contributed by atoms with Crippen molar-refractivity contribution in [3.8, 4) is 5.75 Å². The molecular weight excluding hydrogens is 364 g/mol. The molecule has 1 amide bonds. The summed E-state index contributed by atoms with van der Waals surface area (Å²) in [4.78, 5) is 22.8. The van der Waals surface area contributed by atoms with Crippen molar-refractivity contribution >= 4 is 11.6 Å². The van der Waals surface area contributed by atoms with Crippen LogP contribution in [0.3, 0.4) is 0 Å². The van der Waals surface area contributed by atoms with Crippen molar-refractivity contribution in [3.05, 3.63) is 83.9 Å². The number of amides is 1. The van der Waals surface area contributed by atoms with Crippen molar-refractivity contribution in [1.82, 2.24) is 15.3 Å². The number of methoxy groups -OCH3 is 1. The second-order valence-corrected chi connectivity index (χ2v) is 6.78. The van der Waals surface area contributed by atoms with Crippen LogP contribution in [0.1, 0.15) is 21.6 Å². The molecule has 0 saturated heterocycles. The van der Waals surface area contributed by atoms with Gasteiger partial charge in [0.2, 0.25) is 0 Å². The number of hydrogen-bond acceptors (Lipinski definition) is 5. The largest absolute Gasteiger partial charge is 0.497 e. The minimum atomic E-state index is -0.162. The number of ether oxygens (including phenoxy) is 1. The molecule has 0 aliphatic rings. The Morgan fingerprint density at radius 1 is 1.00 bits per heavy atom. The highest BCUT2D eigenvalue weighted by molar-refractivity contribution is 5.92. The van der Waals surface area contributed by atoms with E-state index in [2.05, 4.69) is 20.2 Å². The highest BCUT2D eigenvalue weighted by atomic mass is 16.5. The van der Waals surface area contributed by atoms with Gasteiger partial charge in [-0.3, -0.25) is 9.78 Å². The van der Waals surface area contributed by atoms with Gasteiger partial charge < -0.3 is 15.0 Å². The van der Waals surface area contributed by atoms with Gasteiger partial charge in [-0.15, -0.1) is 0 Å². The number of carbonyl (C=O) groups is 1. The summed E-state index contributed by atoms with van der Waals surface area (Å²) in [5, 5.41) is 2.92. The Morgan fingerprint density at radius 2 is 1.72 bits per heavy atom. The monoisotopic (exact) mass is 390 g/mol. The van der Waals surface area contributed by atoms with Gasteiger partial charge in [-0.25, -0.2) is 4.98 Å². The molecule has 0 aliphatic carbocycles. The van der Waals surface area contributed by atoms with Gasteiger partial charge >= 0.3 is 0 Å². The van der Waals surface area contributed by atoms with Crippen LogP contribution in [0, 0.1) is 0 Å². The van der Waals surface area contributed by atoms with E-state index in [0.717, 1.165) is 36.4 Å². The summed E-state index contributed by atoms with van der Waals surface area (Å²) in [6.45, 7) is 1.42. The number of pyridine rings is 2. The molecule has 3 rings (SSSR count). The third-order valence-electron chi connectivity index (χ3n) is 4.76. The fourth-order valence-corrected chi connectivity index (χ4v) is 2.92. The molecule has 2 heterocycles. The fourth-order valence-electron chi connectivity index (χ4n) is 2.92. The summed E-state index contributed by atoms with van der Waals surface area (Å²) in [5.74, 6) is 0.664. The Balaban J connectivity index is 1.46. The van der Waals surface area contributed by atoms with E-state index in [1.807, 2.05) is 49.5 Å². The van der Waals surface area contributed by atoms with Crippen LogP contribution in [0.25, 0.3) is 0 Å². The van der Waals surface area contributed by atoms with E-state index in [4.69, 9.17) is 4.74 Å². The first-order valence-corrected chi connectivity index (χ1v) is 9.63. The molecule has 6 nitrogen and oxygen atoms in total. The average molecular weight is 390 g/mol. The van der Waals surface area contributed by atoms with Gasteiger partial charge in [-0.1, -0.05) is 12.1 Å². The molecule has 6 heteroatoms. The van der Waals surface area contributed by atoms with Crippen LogP contribution in [0.4, 0.5) is 5.69 Å². The van der Waals surface area contributed by atoms with Crippen LogP contribution in [-0.2, 0) is 12.8 Å². The molecule has 0 radical (unpaired) electrons. The summed E-state index contributed by atoms with van der Waals surface area (Å²) < 4.78 is 5.15. The number of benzene rings is 1. The average Bonchev–Trinajstić information content (AvgIpc) is 2.78. The van der Waals surface area contributed by atoms with Crippen LogP contribution in [0.5, 0.6) is 5.75 Å². The van der Waals surface area contributed by atoms with E-state index in [1.54, 1.807) is 31.8 Å². The zero-order valence-corrected chi connectivity index (χ0v) is 16.8. The number of nitrogens with one attached hydrogen (secondary N) is 1. The highest BCUT2D eigenvalue weighted by Gasteiger charge is 2.08. The number of likely N-dealkylation sites (N-methyl/N-ethyl adjacent to an activating group) is 1. The van der Waals surface area contributed by atoms with Crippen molar-refractivity contribution in [2.45, 2.75) is 12.8 Å². The number of hydrogen-bond donors (Lipinski definition) is 1. The molecule has 0 spiro atoms. The third kappa shape index (κ3) is 6.04. The van der Waals surface area contributed by atoms with Crippen LogP contribution in [0.15, 0.2) is 67.1 Å². The first-order chi connectivity index (χ1) is 14.2. The van der Waals surface area contributed by atoms with Gasteiger partial charge in [0, 0.05) is 32.5 Å². The molecule has 0 fully saturated rings. The predicted molar refractivity (Wildman–Crippen MR) is 114 cm³/mol. The minimum Gasteiger partial charge on any atom is -0.497 e. The molecule has 29 heavy (non-hydrogen) atoms. The summed E-state index contributed by atoms with van der Waals surface area (Å²) >= 11 is 0. The lowest BCUT2D eigenvalue weighted by atomic mass is 10.1. The zero-order valence-electron chi connectivity index (χ0n) is 16.8. The number of aromatic nitrogens is 2. The molecule has 0 saturated carbocycles. The Morgan fingerprint density at radius 3 is 2.38 bits per heavy atom. The van der Waals surface area contributed by atoms with E-state index in [-0.39, 0.29) is 5.91 Å². The second-order valence-electron chi connectivity index (χ2n) is 6.78. The van der Waals surface area contributed by atoms with Gasteiger partial charge in [0.05, 0.1) is 19.0 Å². The molecule has 150 valence electrons. The highest BCUT2D eigenvalue weighted by Crippen LogP contribution is 2.13. The van der Waals surface area contributed by atoms with Gasteiger partial charge in [0.25, 0.3) is 5.91 Å². The lowest BCUT2D eigenvalue weighted by Crippen LogP contribution is -2.27. The van der Waals surface area contributed by atoms with Crippen LogP contribution < -0.4 is 15.0 Å². The molecule has 0 unspecified atom stereocenters. The molecule has 3 aromatic rings. The Kier molecular flexibility index (Phi) is 7.16. The van der Waals surface area contributed by atoms with E-state index in [1.165, 1.54) is 5.56 Å². The summed E-state index contributed by atoms with van der Waals surface area (Å²) in [5.41, 5.74) is 3.79. The van der Waals surface area contributed by atoms with Crippen molar-refractivity contribution in [2.24, 2.45) is 0 Å². The Labute approximate surface area is 171 Å². The molecule has 0 atom stereocenters. The lowest BCUT2D eigenvalue weighted by molar-refractivity contribution is 0.0949. The minimum absolute atomic E-state index is 0.162. The molecule has 1 aromatic carbocycles. The Bertz CT molecular complexity index is 896. The zero-order chi connectivity index (χ0) is 20.5. The van der Waals surface area contributed by atoms with E-state index < -0.39 is 0 Å². The van der Waals surface area contributed by atoms with Crippen LogP contribution >= 0.6 is 0 Å². The van der Waals surface area contributed by atoms with Crippen molar-refractivity contribution in [2.75, 3.05) is 32.1 Å². The quantitative estimate of drug-likeness (QED) is 0.608. The van der Waals surface area contributed by atoms with Gasteiger partial charge in [-0.2, -0.15) is 0 Å². The Hall–Kier alpha value is -3.41. The first-order valence-electron chi connectivity index (χ1n) is 9.63. The maximum Gasteiger partial charge on any atom is 0.269 e. The molecule has 2 aromatic heterocycles. The molecule has 1 N–H and O–H groups in total. The standard InChI is InChI=1S/C23H26N4O2/c1-27(16-12-19-9-13-24-14-10-19)20-5-8-22(26-17-20)23(28)25-15-11-18-3-6-21(29-2)7-4-18/h3-10,13-14,17H,11-12,15-16H2,1-2H3,(H,25,28). The summed E-state index contributed by atoms with van der Waals surface area (Å²) in [6, 6.07) is 15.6. The van der Waals surface area contributed by atoms with Gasteiger partial charge in [-0.05, 0) is 60.4 Å². The second kappa shape index (κ2) is 10.2. The maximum absolute atomic E-state index is 12.3. The number of carbonyl (C=O) groups excluding carboxylic acids is 1. The smallest absolute Gasteiger partial charge is 0.269 e. The van der Waals surface area contributed by atoms with E-state index >= 15 is 0 Å². The summed E-state index contributed by atoms with van der Waals surface area (Å²) in [7, 11) is 3.67. The lowest BCUT2D eigenvalue weighted by Gasteiger charge is -2.19. The molecule has 0 aliphatic heterocycles. The van der Waals surface area contributed by atoms with Crippen molar-refractivity contribution in [1.29, 1.82) is 0 Å². The SMILES string of the molecule is COc1ccc(CCNC(=O)c2ccc(N(C)CCc3ccncc3)cn2)cc1. The van der Waals surface area contributed by atoms with Gasteiger partial charge in [0.1, 0.15) is 11.4 Å². The van der Waals surface area contributed by atoms with E-state index in [0.29, 0.717) is 12.2 Å². The number of rotatable bonds is 9. The third-order valence-corrected chi connectivity index (χ3v) is 4.76. The van der Waals surface area contributed by atoms with Crippen molar-refractivity contribution in [3.63, 3.8) is 0 Å². The topological polar surface area (TPSA) is 67.3 Å². The fraction of sp³-hybridized carbons (Fsp3) is 0.261. The predicted octanol–water partition coefficient (Wildman–Crippen LogP) is 3.14. The van der Waals surface area contributed by atoms with Crippen LogP contribution in [0.2, 0.25) is 0 Å². The van der Waals surface area contributed by atoms with Crippen molar-refractivity contribution < 1.29 is 9.53 Å². The number of nitrogens with zero attached hydrogens (tertiary/aromatic N) is 3. The van der Waals surface area contributed by atoms with Crippen LogP contribution in [-0.4, -0.2) is 43.1 Å². The first kappa shape index (κ1) is 20.3. The maximum atomic E-state index is 12.3.